The molecule has 6 nitrogen and oxygen atoms in total. The molecule has 1 aromatic heterocycles. The van der Waals surface area contributed by atoms with E-state index in [1.54, 1.807) is 0 Å². The molecule has 0 saturated carbocycles. The number of nitrogens with zero attached hydrogens (tertiary/aromatic N) is 1. The Labute approximate surface area is 116 Å². The molecule has 7 heteroatoms. The molecule has 0 aliphatic rings. The van der Waals surface area contributed by atoms with Crippen LogP contribution >= 0.6 is 0 Å². The van der Waals surface area contributed by atoms with E-state index in [4.69, 9.17) is 5.11 Å². The zero-order chi connectivity index (χ0) is 14.6. The Kier molecular flexibility index (Phi) is 4.39. The predicted octanol–water partition coefficient (Wildman–Crippen LogP) is 1.39. The lowest BCUT2D eigenvalue weighted by molar-refractivity contribution is -0.137. The van der Waals surface area contributed by atoms with E-state index >= 15 is 0 Å². The third-order valence-electron chi connectivity index (χ3n) is 2.93. The number of carboxylic acids is 1. The van der Waals surface area contributed by atoms with E-state index in [0.717, 1.165) is 11.0 Å². The number of hydrogen-bond donors (Lipinski definition) is 2. The number of aryl methyl sites for hydroxylation is 1. The zero-order valence-electron chi connectivity index (χ0n) is 10.9. The van der Waals surface area contributed by atoms with Crippen molar-refractivity contribution in [3.8, 4) is 0 Å². The van der Waals surface area contributed by atoms with Gasteiger partial charge in [-0.2, -0.15) is 0 Å². The number of aromatic nitrogens is 2. The normalized spacial score (nSPS) is 11.8. The van der Waals surface area contributed by atoms with E-state index in [0.29, 0.717) is 12.2 Å². The van der Waals surface area contributed by atoms with Gasteiger partial charge < -0.3 is 10.1 Å². The summed E-state index contributed by atoms with van der Waals surface area (Å²) in [5, 5.41) is 8.49. The van der Waals surface area contributed by atoms with Gasteiger partial charge in [-0.25, -0.2) is 13.4 Å². The third-order valence-corrected chi connectivity index (χ3v) is 4.67. The van der Waals surface area contributed by atoms with Crippen molar-refractivity contribution in [1.29, 1.82) is 0 Å². The average Bonchev–Trinajstić information content (AvgIpc) is 2.78. The van der Waals surface area contributed by atoms with Gasteiger partial charge in [0.15, 0.2) is 9.84 Å². The highest BCUT2D eigenvalue weighted by atomic mass is 32.2. The molecule has 0 aliphatic carbocycles. The molecule has 0 saturated heterocycles. The van der Waals surface area contributed by atoms with Crippen molar-refractivity contribution < 1.29 is 18.3 Å². The van der Waals surface area contributed by atoms with Crippen LogP contribution in [0.4, 0.5) is 0 Å². The van der Waals surface area contributed by atoms with E-state index in [9.17, 15) is 13.2 Å². The van der Waals surface area contributed by atoms with Gasteiger partial charge in [0.1, 0.15) is 5.82 Å². The molecule has 0 amide bonds. The summed E-state index contributed by atoms with van der Waals surface area (Å²) in [5.41, 5.74) is 1.69. The van der Waals surface area contributed by atoms with Gasteiger partial charge in [0, 0.05) is 12.8 Å². The summed E-state index contributed by atoms with van der Waals surface area (Å²) in [7, 11) is -3.24. The SMILES string of the molecule is O=C(O)CCCS(=O)(=O)CCc1nc2ccccc2[nH]1. The van der Waals surface area contributed by atoms with Gasteiger partial charge in [0.2, 0.25) is 0 Å². The molecule has 2 N–H and O–H groups in total. The summed E-state index contributed by atoms with van der Waals surface area (Å²) in [6.07, 6.45) is 0.339. The fourth-order valence-corrected chi connectivity index (χ4v) is 3.21. The summed E-state index contributed by atoms with van der Waals surface area (Å²) < 4.78 is 23.5. The first-order chi connectivity index (χ1) is 9.46. The van der Waals surface area contributed by atoms with Crippen LogP contribution in [-0.4, -0.2) is 41.0 Å². The van der Waals surface area contributed by atoms with Gasteiger partial charge in [0.05, 0.1) is 22.5 Å². The lowest BCUT2D eigenvalue weighted by Gasteiger charge is -2.01. The second-order valence-corrected chi connectivity index (χ2v) is 6.90. The Morgan fingerprint density at radius 3 is 2.70 bits per heavy atom. The first kappa shape index (κ1) is 14.5. The molecule has 20 heavy (non-hydrogen) atoms. The first-order valence-electron chi connectivity index (χ1n) is 6.32. The van der Waals surface area contributed by atoms with E-state index in [1.165, 1.54) is 0 Å². The molecular formula is C13H16N2O4S. The van der Waals surface area contributed by atoms with E-state index < -0.39 is 15.8 Å². The summed E-state index contributed by atoms with van der Waals surface area (Å²) in [6, 6.07) is 7.49. The number of hydrogen-bond acceptors (Lipinski definition) is 4. The van der Waals surface area contributed by atoms with Gasteiger partial charge >= 0.3 is 5.97 Å². The largest absolute Gasteiger partial charge is 0.481 e. The van der Waals surface area contributed by atoms with Crippen LogP contribution in [0.1, 0.15) is 18.7 Å². The number of carboxylic acid groups (broad SMARTS) is 1. The number of imidazole rings is 1. The fraction of sp³-hybridized carbons (Fsp3) is 0.385. The topological polar surface area (TPSA) is 100 Å². The van der Waals surface area contributed by atoms with Gasteiger partial charge in [-0.15, -0.1) is 0 Å². The van der Waals surface area contributed by atoms with Crippen LogP contribution in [0.3, 0.4) is 0 Å². The molecule has 108 valence electrons. The maximum Gasteiger partial charge on any atom is 0.303 e. The van der Waals surface area contributed by atoms with Gasteiger partial charge in [-0.1, -0.05) is 12.1 Å². The van der Waals surface area contributed by atoms with Crippen LogP contribution < -0.4 is 0 Å². The minimum absolute atomic E-state index is 0.0214. The van der Waals surface area contributed by atoms with Gasteiger partial charge in [-0.05, 0) is 18.6 Å². The number of fused-ring (bicyclic) bond motifs is 1. The number of H-pyrrole nitrogens is 1. The standard InChI is InChI=1S/C13H16N2O4S/c16-13(17)6-3-8-20(18,19)9-7-12-14-10-4-1-2-5-11(10)15-12/h1-2,4-5H,3,6-9H2,(H,14,15)(H,16,17). The summed E-state index contributed by atoms with van der Waals surface area (Å²) >= 11 is 0. The highest BCUT2D eigenvalue weighted by Gasteiger charge is 2.13. The van der Waals surface area contributed by atoms with E-state index in [2.05, 4.69) is 9.97 Å². The number of rotatable bonds is 7. The van der Waals surface area contributed by atoms with Crippen LogP contribution in [-0.2, 0) is 21.1 Å². The second kappa shape index (κ2) is 6.04. The molecule has 0 fully saturated rings. The molecule has 1 heterocycles. The lowest BCUT2D eigenvalue weighted by atomic mass is 10.3. The van der Waals surface area contributed by atoms with Crippen LogP contribution in [0.2, 0.25) is 0 Å². The quantitative estimate of drug-likeness (QED) is 0.804. The molecule has 0 aliphatic heterocycles. The van der Waals surface area contributed by atoms with Crippen molar-refractivity contribution in [2.75, 3.05) is 11.5 Å². The average molecular weight is 296 g/mol. The van der Waals surface area contributed by atoms with Gasteiger partial charge in [-0.3, -0.25) is 4.79 Å². The van der Waals surface area contributed by atoms with Gasteiger partial charge in [0.25, 0.3) is 0 Å². The minimum atomic E-state index is -3.24. The molecule has 0 unspecified atom stereocenters. The van der Waals surface area contributed by atoms with Crippen LogP contribution in [0.25, 0.3) is 11.0 Å². The van der Waals surface area contributed by atoms with Crippen molar-refractivity contribution in [2.45, 2.75) is 19.3 Å². The van der Waals surface area contributed by atoms with Crippen molar-refractivity contribution in [1.82, 2.24) is 9.97 Å². The number of aliphatic carboxylic acids is 1. The first-order valence-corrected chi connectivity index (χ1v) is 8.14. The summed E-state index contributed by atoms with van der Waals surface area (Å²) in [4.78, 5) is 17.7. The van der Waals surface area contributed by atoms with Crippen LogP contribution in [0, 0.1) is 0 Å². The summed E-state index contributed by atoms with van der Waals surface area (Å²) in [6.45, 7) is 0. The lowest BCUT2D eigenvalue weighted by Crippen LogP contribution is -2.14. The van der Waals surface area contributed by atoms with Crippen LogP contribution in [0.5, 0.6) is 0 Å². The second-order valence-electron chi connectivity index (χ2n) is 4.60. The van der Waals surface area contributed by atoms with Crippen molar-refractivity contribution in [2.24, 2.45) is 0 Å². The predicted molar refractivity (Wildman–Crippen MR) is 75.3 cm³/mol. The maximum atomic E-state index is 11.8. The molecule has 0 spiro atoms. The molecule has 2 aromatic rings. The van der Waals surface area contributed by atoms with E-state index in [-0.39, 0.29) is 24.3 Å². The molecule has 1 aromatic carbocycles. The summed E-state index contributed by atoms with van der Waals surface area (Å²) in [5.74, 6) is -0.461. The van der Waals surface area contributed by atoms with Crippen molar-refractivity contribution >= 4 is 26.8 Å². The van der Waals surface area contributed by atoms with Crippen molar-refractivity contribution in [3.63, 3.8) is 0 Å². The Hall–Kier alpha value is -1.89. The number of sulfone groups is 1. The molecule has 0 bridgehead atoms. The Balaban J connectivity index is 1.92. The van der Waals surface area contributed by atoms with E-state index in [1.807, 2.05) is 24.3 Å². The maximum absolute atomic E-state index is 11.8. The van der Waals surface area contributed by atoms with Crippen molar-refractivity contribution in [3.05, 3.63) is 30.1 Å². The highest BCUT2D eigenvalue weighted by Crippen LogP contribution is 2.11. The monoisotopic (exact) mass is 296 g/mol. The number of nitrogens with one attached hydrogen (secondary N) is 1. The number of benzene rings is 1. The Morgan fingerprint density at radius 2 is 2.00 bits per heavy atom. The molecule has 0 radical (unpaired) electrons. The minimum Gasteiger partial charge on any atom is -0.481 e. The zero-order valence-corrected chi connectivity index (χ0v) is 11.7. The molecular weight excluding hydrogens is 280 g/mol. The number of aromatic amines is 1. The fourth-order valence-electron chi connectivity index (χ4n) is 1.92. The number of para-hydroxylation sites is 2. The smallest absolute Gasteiger partial charge is 0.303 e. The molecule has 0 atom stereocenters. The number of carbonyl (C=O) groups is 1. The van der Waals surface area contributed by atoms with Crippen LogP contribution in [0.15, 0.2) is 24.3 Å². The Morgan fingerprint density at radius 1 is 1.25 bits per heavy atom. The molecule has 2 rings (SSSR count). The third kappa shape index (κ3) is 4.06. The highest BCUT2D eigenvalue weighted by molar-refractivity contribution is 7.91. The Bertz CT molecular complexity index is 673.